The van der Waals surface area contributed by atoms with Crippen LogP contribution >= 0.6 is 0 Å². The Balaban J connectivity index is 1.56. The lowest BCUT2D eigenvalue weighted by molar-refractivity contribution is -0.123. The predicted molar refractivity (Wildman–Crippen MR) is 165 cm³/mol. The Morgan fingerprint density at radius 3 is 2.63 bits per heavy atom. The Morgan fingerprint density at radius 1 is 1.17 bits per heavy atom. The van der Waals surface area contributed by atoms with Gasteiger partial charge in [0.15, 0.2) is 12.0 Å². The lowest BCUT2D eigenvalue weighted by Crippen LogP contribution is -2.43. The van der Waals surface area contributed by atoms with E-state index in [-0.39, 0.29) is 17.9 Å². The van der Waals surface area contributed by atoms with Crippen LogP contribution in [0.2, 0.25) is 0 Å². The van der Waals surface area contributed by atoms with Gasteiger partial charge >= 0.3 is 0 Å². The maximum absolute atomic E-state index is 12.3. The van der Waals surface area contributed by atoms with E-state index in [0.717, 1.165) is 71.9 Å². The van der Waals surface area contributed by atoms with Crippen LogP contribution in [0.15, 0.2) is 54.7 Å². The molecule has 0 saturated carbocycles. The van der Waals surface area contributed by atoms with Crippen molar-refractivity contribution in [2.45, 2.75) is 59.0 Å². The molecule has 1 amide bonds. The number of nitrogens with one attached hydrogen (secondary N) is 2. The van der Waals surface area contributed by atoms with Crippen LogP contribution in [0.5, 0.6) is 5.75 Å². The van der Waals surface area contributed by atoms with Gasteiger partial charge in [0.05, 0.1) is 24.3 Å². The van der Waals surface area contributed by atoms with E-state index in [2.05, 4.69) is 29.4 Å². The number of rotatable bonds is 12. The van der Waals surface area contributed by atoms with Gasteiger partial charge in [0.2, 0.25) is 5.91 Å². The molecule has 41 heavy (non-hydrogen) atoms. The summed E-state index contributed by atoms with van der Waals surface area (Å²) in [5, 5.41) is 12.3. The van der Waals surface area contributed by atoms with E-state index >= 15 is 0 Å². The Bertz CT molecular complexity index is 1400. The third-order valence-electron chi connectivity index (χ3n) is 7.48. The number of hydrogen-bond donors (Lipinski definition) is 4. The van der Waals surface area contributed by atoms with Crippen LogP contribution in [0.3, 0.4) is 0 Å². The van der Waals surface area contributed by atoms with Gasteiger partial charge in [-0.3, -0.25) is 15.1 Å². The molecule has 0 saturated heterocycles. The van der Waals surface area contributed by atoms with Gasteiger partial charge in [-0.05, 0) is 56.6 Å². The van der Waals surface area contributed by atoms with Crippen molar-refractivity contribution in [1.82, 2.24) is 20.2 Å². The Labute approximate surface area is 242 Å². The zero-order valence-electron chi connectivity index (χ0n) is 24.5. The number of anilines is 2. The normalized spacial score (nSPS) is 13.8. The van der Waals surface area contributed by atoms with Gasteiger partial charge in [-0.25, -0.2) is 9.97 Å². The average molecular weight is 557 g/mol. The molecule has 0 aliphatic carbocycles. The minimum Gasteiger partial charge on any atom is -0.493 e. The molecule has 9 nitrogen and oxygen atoms in total. The van der Waals surface area contributed by atoms with Crippen molar-refractivity contribution in [2.75, 3.05) is 25.0 Å². The number of nitrogens with zero attached hydrogens (tertiary/aromatic N) is 3. The van der Waals surface area contributed by atoms with E-state index in [1.807, 2.05) is 62.4 Å². The summed E-state index contributed by atoms with van der Waals surface area (Å²) in [6.45, 7) is 11.3. The number of aromatic nitrogens is 2. The minimum atomic E-state index is -0.226. The molecule has 6 N–H and O–H groups in total. The van der Waals surface area contributed by atoms with Gasteiger partial charge in [-0.2, -0.15) is 0 Å². The number of carbonyl (C=O) groups excluding carboxylic acids is 1. The molecule has 216 valence electrons. The van der Waals surface area contributed by atoms with E-state index in [0.29, 0.717) is 18.2 Å². The first-order valence-corrected chi connectivity index (χ1v) is 14.3. The number of benzene rings is 2. The summed E-state index contributed by atoms with van der Waals surface area (Å²) in [7, 11) is 0. The van der Waals surface area contributed by atoms with Crippen molar-refractivity contribution in [3.63, 3.8) is 0 Å². The van der Waals surface area contributed by atoms with Gasteiger partial charge in [-0.1, -0.05) is 38.1 Å². The van der Waals surface area contributed by atoms with E-state index in [4.69, 9.17) is 25.8 Å². The third-order valence-corrected chi connectivity index (χ3v) is 7.48. The van der Waals surface area contributed by atoms with Crippen molar-refractivity contribution in [2.24, 2.45) is 5.73 Å². The van der Waals surface area contributed by atoms with Gasteiger partial charge in [0.25, 0.3) is 0 Å². The van der Waals surface area contributed by atoms with Gasteiger partial charge in [0, 0.05) is 48.1 Å². The highest BCUT2D eigenvalue weighted by Gasteiger charge is 2.23. The number of nitrogens with two attached hydrogens (primary N) is 2. The molecule has 1 aromatic heterocycles. The lowest BCUT2D eigenvalue weighted by atomic mass is 10.0. The molecule has 0 spiro atoms. The maximum atomic E-state index is 12.3. The molecule has 9 heteroatoms. The van der Waals surface area contributed by atoms with E-state index in [9.17, 15) is 4.79 Å². The topological polar surface area (TPSA) is 131 Å². The fraction of sp³-hybridized carbons (Fsp3) is 0.375. The van der Waals surface area contributed by atoms with E-state index in [1.165, 1.54) is 12.4 Å². The summed E-state index contributed by atoms with van der Waals surface area (Å²) in [5.41, 5.74) is 11.1. The Hall–Kier alpha value is -4.24. The fourth-order valence-electron chi connectivity index (χ4n) is 4.62. The highest BCUT2D eigenvalue weighted by molar-refractivity contribution is 6.06. The quantitative estimate of drug-likeness (QED) is 0.251. The summed E-state index contributed by atoms with van der Waals surface area (Å²) in [5.74, 6) is 2.07. The van der Waals surface area contributed by atoms with Crippen LogP contribution in [0.1, 0.15) is 57.4 Å². The number of allylic oxidation sites excluding steroid dienone is 1. The first-order valence-electron chi connectivity index (χ1n) is 14.3. The van der Waals surface area contributed by atoms with E-state index < -0.39 is 0 Å². The number of likely N-dealkylation sites (N-methyl/N-ethyl adjacent to an activating group) is 1. The van der Waals surface area contributed by atoms with Crippen molar-refractivity contribution in [3.8, 4) is 17.1 Å². The summed E-state index contributed by atoms with van der Waals surface area (Å²) in [4.78, 5) is 24.7. The average Bonchev–Trinajstić information content (AvgIpc) is 2.98. The molecule has 2 heterocycles. The van der Waals surface area contributed by atoms with Crippen LogP contribution in [0.4, 0.5) is 11.5 Å². The first-order chi connectivity index (χ1) is 19.7. The largest absolute Gasteiger partial charge is 0.493 e. The molecular formula is C32H42N7O2+. The highest BCUT2D eigenvalue weighted by Crippen LogP contribution is 2.31. The lowest BCUT2D eigenvalue weighted by Gasteiger charge is -2.28. The monoisotopic (exact) mass is 556 g/mol. The van der Waals surface area contributed by atoms with Crippen molar-refractivity contribution < 1.29 is 14.9 Å². The van der Waals surface area contributed by atoms with Crippen LogP contribution in [-0.4, -0.2) is 52.2 Å². The van der Waals surface area contributed by atoms with Gasteiger partial charge in [-0.15, -0.1) is 0 Å². The summed E-state index contributed by atoms with van der Waals surface area (Å²) in [6, 6.07) is 15.7. The summed E-state index contributed by atoms with van der Waals surface area (Å²) >= 11 is 0. The molecule has 0 atom stereocenters. The number of ether oxygens (including phenoxy) is 1. The van der Waals surface area contributed by atoms with Crippen molar-refractivity contribution in [3.05, 3.63) is 71.6 Å². The molecule has 0 unspecified atom stereocenters. The standard InChI is InChI=1S/C32H41N7O2/c1-5-32(3,4)38-29(40)15-17-41-26-9-7-8-23(18-26)30-36-28-14-16-39(6-2)21-27(28)31(37-30)35-25-12-10-22(11-13-25)24(19-33)20-34/h7-13,18-20,33H,5-6,14-17,21,34H2,1-4H3,(H,38,40)(H,35,36,37)/p+1/b24-20+,33-19?. The second kappa shape index (κ2) is 13.4. The summed E-state index contributed by atoms with van der Waals surface area (Å²) < 4.78 is 5.94. The van der Waals surface area contributed by atoms with Crippen LogP contribution in [0.25, 0.3) is 17.0 Å². The van der Waals surface area contributed by atoms with Crippen LogP contribution < -0.4 is 26.5 Å². The minimum absolute atomic E-state index is 0.0210. The van der Waals surface area contributed by atoms with Gasteiger partial charge in [0.1, 0.15) is 11.6 Å². The van der Waals surface area contributed by atoms with Crippen molar-refractivity contribution >= 4 is 29.2 Å². The first kappa shape index (κ1) is 29.7. The molecular weight excluding hydrogens is 514 g/mol. The number of fused-ring (bicyclic) bond motifs is 1. The second-order valence-electron chi connectivity index (χ2n) is 10.8. The SMILES string of the molecule is CCN1CCc2nc(-c3cccc(OCCC(=O)NC(C)(C)CC)c3)nc(Nc3ccc(/C(C=[NH2+])=C/N)cc3)c2C1. The molecule has 0 bridgehead atoms. The second-order valence-corrected chi connectivity index (χ2v) is 10.8. The Morgan fingerprint density at radius 2 is 1.95 bits per heavy atom. The van der Waals surface area contributed by atoms with Crippen LogP contribution in [0, 0.1) is 0 Å². The smallest absolute Gasteiger partial charge is 0.223 e. The maximum Gasteiger partial charge on any atom is 0.223 e. The Kier molecular flexibility index (Phi) is 9.73. The zero-order valence-corrected chi connectivity index (χ0v) is 24.5. The van der Waals surface area contributed by atoms with Crippen LogP contribution in [-0.2, 0) is 17.8 Å². The molecule has 1 aliphatic heterocycles. The number of carbonyl (C=O) groups is 1. The predicted octanol–water partition coefficient (Wildman–Crippen LogP) is 3.47. The number of hydrogen-bond acceptors (Lipinski definition) is 7. The fourth-order valence-corrected chi connectivity index (χ4v) is 4.62. The zero-order chi connectivity index (χ0) is 29.4. The van der Waals surface area contributed by atoms with Crippen molar-refractivity contribution in [1.29, 1.82) is 0 Å². The number of amides is 1. The highest BCUT2D eigenvalue weighted by atomic mass is 16.5. The molecule has 0 radical (unpaired) electrons. The molecule has 3 aromatic rings. The molecule has 2 aromatic carbocycles. The summed E-state index contributed by atoms with van der Waals surface area (Å²) in [6.07, 6.45) is 4.99. The van der Waals surface area contributed by atoms with E-state index in [1.54, 1.807) is 0 Å². The molecule has 0 fully saturated rings. The molecule has 4 rings (SSSR count). The third kappa shape index (κ3) is 7.70. The molecule has 1 aliphatic rings. The van der Waals surface area contributed by atoms with Gasteiger partial charge < -0.3 is 21.1 Å².